The molecule has 0 radical (unpaired) electrons. The number of aryl methyl sites for hydroxylation is 1. The third-order valence-corrected chi connectivity index (χ3v) is 3.94. The zero-order chi connectivity index (χ0) is 17.1. The minimum absolute atomic E-state index is 0.343. The number of hydrogen-bond donors (Lipinski definition) is 2. The minimum atomic E-state index is -0.343. The molecule has 0 bridgehead atoms. The first-order valence-corrected chi connectivity index (χ1v) is 8.16. The summed E-state index contributed by atoms with van der Waals surface area (Å²) in [5, 5.41) is 11.2. The molecular formula is C16H16BrN5O2. The molecule has 0 aliphatic rings. The molecule has 0 saturated heterocycles. The van der Waals surface area contributed by atoms with E-state index >= 15 is 0 Å². The lowest BCUT2D eigenvalue weighted by Crippen LogP contribution is -2.24. The number of rotatable bonds is 5. The van der Waals surface area contributed by atoms with Crippen LogP contribution in [0.15, 0.2) is 41.3 Å². The maximum Gasteiger partial charge on any atom is 0.278 e. The van der Waals surface area contributed by atoms with Crippen LogP contribution < -0.4 is 10.8 Å². The van der Waals surface area contributed by atoms with E-state index in [1.807, 2.05) is 25.1 Å². The molecule has 2 N–H and O–H groups in total. The molecule has 3 rings (SSSR count). The predicted octanol–water partition coefficient (Wildman–Crippen LogP) is 3.23. The van der Waals surface area contributed by atoms with Gasteiger partial charge in [-0.3, -0.25) is 14.0 Å². The Labute approximate surface area is 147 Å². The third kappa shape index (κ3) is 3.39. The molecule has 0 atom stereocenters. The Morgan fingerprint density at radius 2 is 2.17 bits per heavy atom. The first kappa shape index (κ1) is 16.4. The van der Waals surface area contributed by atoms with Crippen LogP contribution in [0.4, 0.5) is 11.4 Å². The van der Waals surface area contributed by atoms with Crippen LogP contribution in [0.25, 0.3) is 5.65 Å². The van der Waals surface area contributed by atoms with Gasteiger partial charge < -0.3 is 5.32 Å². The summed E-state index contributed by atoms with van der Waals surface area (Å²) in [6.45, 7) is 4.17. The molecule has 0 unspecified atom stereocenters. The maximum atomic E-state index is 12.4. The topological polar surface area (TPSA) is 80.5 Å². The second-order valence-electron chi connectivity index (χ2n) is 5.15. The zero-order valence-electron chi connectivity index (χ0n) is 13.2. The monoisotopic (exact) mass is 389 g/mol. The third-order valence-electron chi connectivity index (χ3n) is 3.44. The fourth-order valence-electron chi connectivity index (χ4n) is 2.26. The van der Waals surface area contributed by atoms with E-state index < -0.39 is 0 Å². The Morgan fingerprint density at radius 3 is 2.92 bits per heavy atom. The van der Waals surface area contributed by atoms with Gasteiger partial charge in [0, 0.05) is 22.4 Å². The number of halogens is 1. The smallest absolute Gasteiger partial charge is 0.278 e. The number of aromatic nitrogens is 3. The number of hydroxylamine groups is 1. The van der Waals surface area contributed by atoms with Gasteiger partial charge in [-0.05, 0) is 37.6 Å². The number of hydrogen-bond acceptors (Lipinski definition) is 5. The lowest BCUT2D eigenvalue weighted by molar-refractivity contribution is 0.0365. The Hall–Kier alpha value is -2.45. The van der Waals surface area contributed by atoms with E-state index in [0.29, 0.717) is 23.5 Å². The molecule has 24 heavy (non-hydrogen) atoms. The standard InChI is InChI=1S/C16H16BrN5O2/c1-3-24-21-16(23)12-8-22-9-18-20-15(22)7-14(12)19-13-5-4-11(17)6-10(13)2/h4-9,19H,3H2,1-2H3,(H,21,23). The molecule has 0 fully saturated rings. The van der Waals surface area contributed by atoms with Gasteiger partial charge in [0.25, 0.3) is 5.91 Å². The number of benzene rings is 1. The SMILES string of the molecule is CCONC(=O)c1cn2cnnc2cc1Nc1ccc(Br)cc1C. The normalized spacial score (nSPS) is 10.8. The van der Waals surface area contributed by atoms with Crippen molar-refractivity contribution in [3.8, 4) is 0 Å². The highest BCUT2D eigenvalue weighted by atomic mass is 79.9. The summed E-state index contributed by atoms with van der Waals surface area (Å²) < 4.78 is 2.67. The predicted molar refractivity (Wildman–Crippen MR) is 94.2 cm³/mol. The first-order chi connectivity index (χ1) is 11.6. The van der Waals surface area contributed by atoms with Crippen LogP contribution in [0.1, 0.15) is 22.8 Å². The number of nitrogens with one attached hydrogen (secondary N) is 2. The van der Waals surface area contributed by atoms with Crippen LogP contribution in [0, 0.1) is 6.92 Å². The average molecular weight is 390 g/mol. The van der Waals surface area contributed by atoms with Crippen molar-refractivity contribution in [1.82, 2.24) is 20.1 Å². The number of carbonyl (C=O) groups excluding carboxylic acids is 1. The van der Waals surface area contributed by atoms with Gasteiger partial charge in [-0.1, -0.05) is 15.9 Å². The molecule has 124 valence electrons. The Bertz CT molecular complexity index is 893. The first-order valence-electron chi connectivity index (χ1n) is 7.37. The number of fused-ring (bicyclic) bond motifs is 1. The molecule has 2 aromatic heterocycles. The van der Waals surface area contributed by atoms with E-state index in [2.05, 4.69) is 36.9 Å². The van der Waals surface area contributed by atoms with Gasteiger partial charge >= 0.3 is 0 Å². The molecule has 8 heteroatoms. The average Bonchev–Trinajstić information content (AvgIpc) is 3.01. The van der Waals surface area contributed by atoms with Gasteiger partial charge in [-0.15, -0.1) is 10.2 Å². The Balaban J connectivity index is 2.02. The van der Waals surface area contributed by atoms with E-state index in [9.17, 15) is 4.79 Å². The van der Waals surface area contributed by atoms with Gasteiger partial charge in [0.1, 0.15) is 6.33 Å². The van der Waals surface area contributed by atoms with E-state index in [4.69, 9.17) is 4.84 Å². The molecule has 0 aliphatic heterocycles. The van der Waals surface area contributed by atoms with Crippen LogP contribution >= 0.6 is 15.9 Å². The summed E-state index contributed by atoms with van der Waals surface area (Å²) in [6.07, 6.45) is 3.21. The second kappa shape index (κ2) is 6.98. The molecule has 1 aromatic carbocycles. The molecule has 0 saturated carbocycles. The number of anilines is 2. The molecule has 0 spiro atoms. The van der Waals surface area contributed by atoms with Gasteiger partial charge in [-0.25, -0.2) is 5.48 Å². The van der Waals surface area contributed by atoms with Gasteiger partial charge in [0.2, 0.25) is 0 Å². The number of pyridine rings is 1. The van der Waals surface area contributed by atoms with Crippen molar-refractivity contribution in [1.29, 1.82) is 0 Å². The van der Waals surface area contributed by atoms with Crippen molar-refractivity contribution in [2.24, 2.45) is 0 Å². The number of amides is 1. The van der Waals surface area contributed by atoms with Crippen molar-refractivity contribution in [2.45, 2.75) is 13.8 Å². The van der Waals surface area contributed by atoms with E-state index in [0.717, 1.165) is 15.7 Å². The van der Waals surface area contributed by atoms with E-state index in [1.165, 1.54) is 0 Å². The largest absolute Gasteiger partial charge is 0.354 e. The summed E-state index contributed by atoms with van der Waals surface area (Å²) in [4.78, 5) is 17.4. The Kier molecular flexibility index (Phi) is 4.77. The maximum absolute atomic E-state index is 12.4. The van der Waals surface area contributed by atoms with Crippen molar-refractivity contribution >= 4 is 38.9 Å². The van der Waals surface area contributed by atoms with Gasteiger partial charge in [0.05, 0.1) is 17.9 Å². The van der Waals surface area contributed by atoms with Crippen LogP contribution in [0.3, 0.4) is 0 Å². The minimum Gasteiger partial charge on any atom is -0.354 e. The van der Waals surface area contributed by atoms with E-state index in [1.54, 1.807) is 29.9 Å². The fourth-order valence-corrected chi connectivity index (χ4v) is 2.73. The summed E-state index contributed by atoms with van der Waals surface area (Å²) in [5.74, 6) is -0.343. The molecule has 0 aliphatic carbocycles. The molecular weight excluding hydrogens is 374 g/mol. The van der Waals surface area contributed by atoms with Crippen molar-refractivity contribution < 1.29 is 9.63 Å². The molecule has 2 heterocycles. The van der Waals surface area contributed by atoms with Crippen molar-refractivity contribution in [2.75, 3.05) is 11.9 Å². The molecule has 7 nitrogen and oxygen atoms in total. The highest BCUT2D eigenvalue weighted by molar-refractivity contribution is 9.10. The van der Waals surface area contributed by atoms with Gasteiger partial charge in [0.15, 0.2) is 5.65 Å². The summed E-state index contributed by atoms with van der Waals surface area (Å²) in [7, 11) is 0. The lowest BCUT2D eigenvalue weighted by atomic mass is 10.1. The molecule has 1 amide bonds. The quantitative estimate of drug-likeness (QED) is 0.654. The van der Waals surface area contributed by atoms with Crippen LogP contribution in [0.5, 0.6) is 0 Å². The van der Waals surface area contributed by atoms with Gasteiger partial charge in [-0.2, -0.15) is 0 Å². The van der Waals surface area contributed by atoms with Crippen LogP contribution in [0.2, 0.25) is 0 Å². The van der Waals surface area contributed by atoms with Crippen LogP contribution in [-0.2, 0) is 4.84 Å². The second-order valence-corrected chi connectivity index (χ2v) is 6.06. The fraction of sp³-hybridized carbons (Fsp3) is 0.188. The highest BCUT2D eigenvalue weighted by Crippen LogP contribution is 2.26. The van der Waals surface area contributed by atoms with E-state index in [-0.39, 0.29) is 5.91 Å². The number of carbonyl (C=O) groups is 1. The highest BCUT2D eigenvalue weighted by Gasteiger charge is 2.15. The zero-order valence-corrected chi connectivity index (χ0v) is 14.8. The van der Waals surface area contributed by atoms with Crippen molar-refractivity contribution in [3.63, 3.8) is 0 Å². The summed E-state index contributed by atoms with van der Waals surface area (Å²) in [6, 6.07) is 7.65. The summed E-state index contributed by atoms with van der Waals surface area (Å²) >= 11 is 3.45. The summed E-state index contributed by atoms with van der Waals surface area (Å²) in [5.41, 5.74) is 6.05. The molecule has 3 aromatic rings. The number of nitrogens with zero attached hydrogens (tertiary/aromatic N) is 3. The van der Waals surface area contributed by atoms with Crippen LogP contribution in [-0.4, -0.2) is 27.1 Å². The lowest BCUT2D eigenvalue weighted by Gasteiger charge is -2.14. The Morgan fingerprint density at radius 1 is 1.33 bits per heavy atom. The van der Waals surface area contributed by atoms with Crippen molar-refractivity contribution in [3.05, 3.63) is 52.4 Å².